The first kappa shape index (κ1) is 14.5. The van der Waals surface area contributed by atoms with Gasteiger partial charge in [0, 0.05) is 28.4 Å². The van der Waals surface area contributed by atoms with Gasteiger partial charge in [0.15, 0.2) is 0 Å². The van der Waals surface area contributed by atoms with E-state index in [1.807, 2.05) is 24.3 Å². The van der Waals surface area contributed by atoms with Crippen LogP contribution in [0.4, 0.5) is 11.4 Å². The third-order valence-electron chi connectivity index (χ3n) is 2.87. The number of carbonyl (C=O) groups is 1. The van der Waals surface area contributed by atoms with Crippen LogP contribution in [0.1, 0.15) is 12.0 Å². The van der Waals surface area contributed by atoms with Gasteiger partial charge in [-0.25, -0.2) is 0 Å². The highest BCUT2D eigenvalue weighted by Crippen LogP contribution is 2.22. The number of nitrogen functional groups attached to an aromatic ring is 1. The molecule has 104 valence electrons. The normalized spacial score (nSPS) is 10.2. The maximum absolute atomic E-state index is 11.8. The van der Waals surface area contributed by atoms with Crippen molar-refractivity contribution < 1.29 is 4.79 Å². The van der Waals surface area contributed by atoms with Crippen molar-refractivity contribution in [2.45, 2.75) is 18.2 Å². The first-order valence-electron chi connectivity index (χ1n) is 6.49. The quantitative estimate of drug-likeness (QED) is 0.651. The summed E-state index contributed by atoms with van der Waals surface area (Å²) in [6, 6.07) is 15.4. The average molecular weight is 286 g/mol. The summed E-state index contributed by atoms with van der Waals surface area (Å²) in [4.78, 5) is 13.0. The maximum Gasteiger partial charge on any atom is 0.225 e. The fraction of sp³-hybridized carbons (Fsp3) is 0.188. The van der Waals surface area contributed by atoms with E-state index in [-0.39, 0.29) is 5.91 Å². The molecule has 3 N–H and O–H groups in total. The van der Waals surface area contributed by atoms with Crippen molar-refractivity contribution in [3.8, 4) is 0 Å². The molecule has 0 saturated carbocycles. The van der Waals surface area contributed by atoms with Gasteiger partial charge < -0.3 is 11.1 Å². The third-order valence-corrected chi connectivity index (χ3v) is 4.05. The number of carbonyl (C=O) groups excluding carboxylic acids is 1. The van der Waals surface area contributed by atoms with Crippen molar-refractivity contribution in [3.05, 3.63) is 54.1 Å². The first-order chi connectivity index (χ1) is 9.65. The van der Waals surface area contributed by atoms with Crippen molar-refractivity contribution in [3.63, 3.8) is 0 Å². The minimum Gasteiger partial charge on any atom is -0.399 e. The highest BCUT2D eigenvalue weighted by molar-refractivity contribution is 7.99. The fourth-order valence-corrected chi connectivity index (χ4v) is 2.74. The highest BCUT2D eigenvalue weighted by Gasteiger charge is 2.04. The molecular formula is C16H18N2OS. The predicted molar refractivity (Wildman–Crippen MR) is 86.0 cm³/mol. The lowest BCUT2D eigenvalue weighted by Gasteiger charge is -2.07. The van der Waals surface area contributed by atoms with E-state index in [9.17, 15) is 4.79 Å². The number of benzene rings is 2. The molecule has 0 bridgehead atoms. The second kappa shape index (κ2) is 7.01. The van der Waals surface area contributed by atoms with Crippen molar-refractivity contribution in [2.75, 3.05) is 16.8 Å². The topological polar surface area (TPSA) is 55.1 Å². The van der Waals surface area contributed by atoms with Gasteiger partial charge >= 0.3 is 0 Å². The summed E-state index contributed by atoms with van der Waals surface area (Å²) < 4.78 is 0. The zero-order valence-corrected chi connectivity index (χ0v) is 12.2. The van der Waals surface area contributed by atoms with Crippen LogP contribution in [0.3, 0.4) is 0 Å². The molecule has 20 heavy (non-hydrogen) atoms. The Kier molecular flexibility index (Phi) is 5.07. The Labute approximate surface area is 123 Å². The summed E-state index contributed by atoms with van der Waals surface area (Å²) in [5.74, 6) is 0.793. The van der Waals surface area contributed by atoms with Gasteiger partial charge in [0.25, 0.3) is 0 Å². The number of hydrogen-bond acceptors (Lipinski definition) is 3. The van der Waals surface area contributed by atoms with Crippen LogP contribution in [0.2, 0.25) is 0 Å². The largest absolute Gasteiger partial charge is 0.399 e. The summed E-state index contributed by atoms with van der Waals surface area (Å²) in [5.41, 5.74) is 8.32. The molecule has 4 heteroatoms. The summed E-state index contributed by atoms with van der Waals surface area (Å²) >= 11 is 1.71. The van der Waals surface area contributed by atoms with E-state index >= 15 is 0 Å². The molecular weight excluding hydrogens is 268 g/mol. The average Bonchev–Trinajstić information content (AvgIpc) is 2.43. The molecule has 0 aromatic heterocycles. The Morgan fingerprint density at radius 3 is 2.55 bits per heavy atom. The fourth-order valence-electron chi connectivity index (χ4n) is 1.76. The minimum atomic E-state index is 0.0239. The second-order valence-corrected chi connectivity index (χ2v) is 5.67. The molecule has 0 fully saturated rings. The van der Waals surface area contributed by atoms with Crippen LogP contribution < -0.4 is 11.1 Å². The van der Waals surface area contributed by atoms with Gasteiger partial charge in [0.1, 0.15) is 0 Å². The molecule has 1 amide bonds. The van der Waals surface area contributed by atoms with Crippen LogP contribution in [0, 0.1) is 6.92 Å². The van der Waals surface area contributed by atoms with Crippen molar-refractivity contribution in [1.29, 1.82) is 0 Å². The van der Waals surface area contributed by atoms with Gasteiger partial charge in [0.2, 0.25) is 5.91 Å². The van der Waals surface area contributed by atoms with E-state index in [1.165, 1.54) is 10.5 Å². The summed E-state index contributed by atoms with van der Waals surface area (Å²) in [7, 11) is 0. The molecule has 0 heterocycles. The number of nitrogens with one attached hydrogen (secondary N) is 1. The van der Waals surface area contributed by atoms with Crippen LogP contribution in [-0.2, 0) is 4.79 Å². The predicted octanol–water partition coefficient (Wildman–Crippen LogP) is 3.70. The summed E-state index contributed by atoms with van der Waals surface area (Å²) in [6.07, 6.45) is 0.489. The molecule has 3 nitrogen and oxygen atoms in total. The number of hydrogen-bond donors (Lipinski definition) is 2. The number of nitrogens with two attached hydrogens (primary N) is 1. The molecule has 0 unspecified atom stereocenters. The zero-order chi connectivity index (χ0) is 14.4. The molecule has 2 rings (SSSR count). The van der Waals surface area contributed by atoms with Gasteiger partial charge in [0.05, 0.1) is 0 Å². The van der Waals surface area contributed by atoms with Gasteiger partial charge in [-0.2, -0.15) is 0 Å². The van der Waals surface area contributed by atoms with Gasteiger partial charge in [-0.15, -0.1) is 11.8 Å². The minimum absolute atomic E-state index is 0.0239. The molecule has 0 aliphatic carbocycles. The third kappa shape index (κ3) is 4.31. The Balaban J connectivity index is 1.78. The van der Waals surface area contributed by atoms with Crippen LogP contribution in [0.5, 0.6) is 0 Å². The molecule has 0 saturated heterocycles. The van der Waals surface area contributed by atoms with Gasteiger partial charge in [-0.1, -0.05) is 18.2 Å². The maximum atomic E-state index is 11.8. The van der Waals surface area contributed by atoms with Crippen molar-refractivity contribution in [2.24, 2.45) is 0 Å². The van der Waals surface area contributed by atoms with E-state index in [0.717, 1.165) is 11.4 Å². The van der Waals surface area contributed by atoms with Gasteiger partial charge in [-0.3, -0.25) is 4.79 Å². The Bertz CT molecular complexity index is 581. The van der Waals surface area contributed by atoms with Gasteiger partial charge in [-0.05, 0) is 42.8 Å². The smallest absolute Gasteiger partial charge is 0.225 e. The lowest BCUT2D eigenvalue weighted by atomic mass is 10.2. The summed E-state index contributed by atoms with van der Waals surface area (Å²) in [6.45, 7) is 2.08. The Morgan fingerprint density at radius 2 is 1.85 bits per heavy atom. The van der Waals surface area contributed by atoms with E-state index in [2.05, 4.69) is 24.4 Å². The molecule has 0 spiro atoms. The molecule has 2 aromatic carbocycles. The van der Waals surface area contributed by atoms with E-state index in [1.54, 1.807) is 23.9 Å². The number of aryl methyl sites for hydroxylation is 1. The van der Waals surface area contributed by atoms with E-state index in [4.69, 9.17) is 5.73 Å². The van der Waals surface area contributed by atoms with Crippen LogP contribution in [0.15, 0.2) is 53.4 Å². The van der Waals surface area contributed by atoms with E-state index in [0.29, 0.717) is 12.1 Å². The number of rotatable bonds is 5. The van der Waals surface area contributed by atoms with Crippen LogP contribution >= 0.6 is 11.8 Å². The van der Waals surface area contributed by atoms with E-state index < -0.39 is 0 Å². The zero-order valence-electron chi connectivity index (χ0n) is 11.4. The highest BCUT2D eigenvalue weighted by atomic mass is 32.2. The first-order valence-corrected chi connectivity index (χ1v) is 7.47. The second-order valence-electron chi connectivity index (χ2n) is 4.53. The molecule has 0 aliphatic rings. The van der Waals surface area contributed by atoms with Crippen LogP contribution in [0.25, 0.3) is 0 Å². The number of thioether (sulfide) groups is 1. The van der Waals surface area contributed by atoms with Crippen molar-refractivity contribution in [1.82, 2.24) is 0 Å². The molecule has 2 aromatic rings. The SMILES string of the molecule is Cc1ccccc1SCCC(=O)Nc1ccc(N)cc1. The lowest BCUT2D eigenvalue weighted by molar-refractivity contribution is -0.115. The molecule has 0 aliphatic heterocycles. The monoisotopic (exact) mass is 286 g/mol. The lowest BCUT2D eigenvalue weighted by Crippen LogP contribution is -2.12. The van der Waals surface area contributed by atoms with Crippen LogP contribution in [-0.4, -0.2) is 11.7 Å². The Morgan fingerprint density at radius 1 is 1.15 bits per heavy atom. The molecule has 0 atom stereocenters. The summed E-state index contributed by atoms with van der Waals surface area (Å²) in [5, 5.41) is 2.86. The standard InChI is InChI=1S/C16H18N2OS/c1-12-4-2-3-5-15(12)20-11-10-16(19)18-14-8-6-13(17)7-9-14/h2-9H,10-11,17H2,1H3,(H,18,19). The Hall–Kier alpha value is -1.94. The number of anilines is 2. The number of amides is 1. The molecule has 0 radical (unpaired) electrons. The van der Waals surface area contributed by atoms with Crippen molar-refractivity contribution >= 4 is 29.0 Å².